The van der Waals surface area contributed by atoms with Gasteiger partial charge in [0.25, 0.3) is 0 Å². The Balaban J connectivity index is 2.07. The van der Waals surface area contributed by atoms with Gasteiger partial charge >= 0.3 is 0 Å². The Labute approximate surface area is 119 Å². The molecule has 19 heavy (non-hydrogen) atoms. The third-order valence-corrected chi connectivity index (χ3v) is 3.42. The maximum absolute atomic E-state index is 12.1. The molecule has 0 aliphatic rings. The third kappa shape index (κ3) is 3.80. The van der Waals surface area contributed by atoms with Crippen LogP contribution in [0.25, 0.3) is 0 Å². The Morgan fingerprint density at radius 3 is 2.74 bits per heavy atom. The van der Waals surface area contributed by atoms with Crippen molar-refractivity contribution in [2.24, 2.45) is 11.7 Å². The van der Waals surface area contributed by atoms with E-state index in [4.69, 9.17) is 18.0 Å². The minimum Gasteiger partial charge on any atom is -0.393 e. The first kappa shape index (κ1) is 13.6. The number of thiocarbonyl (C=S) groups is 1. The second kappa shape index (κ2) is 6.35. The summed E-state index contributed by atoms with van der Waals surface area (Å²) in [4.78, 5) is 12.3. The quantitative estimate of drug-likeness (QED) is 0.819. The molecule has 0 aliphatic heterocycles. The van der Waals surface area contributed by atoms with E-state index in [1.54, 1.807) is 5.51 Å². The predicted molar refractivity (Wildman–Crippen MR) is 79.0 cm³/mol. The largest absolute Gasteiger partial charge is 0.393 e. The maximum atomic E-state index is 12.1. The zero-order valence-electron chi connectivity index (χ0n) is 9.95. The number of hydrogen-bond acceptors (Lipinski definition) is 5. The Morgan fingerprint density at radius 1 is 1.42 bits per heavy atom. The van der Waals surface area contributed by atoms with E-state index in [9.17, 15) is 4.79 Å². The van der Waals surface area contributed by atoms with Crippen molar-refractivity contribution in [1.29, 1.82) is 0 Å². The molecular weight excluding hydrogens is 280 g/mol. The van der Waals surface area contributed by atoms with Crippen molar-refractivity contribution in [3.63, 3.8) is 0 Å². The summed E-state index contributed by atoms with van der Waals surface area (Å²) in [5.74, 6) is -0.811. The fourth-order valence-electron chi connectivity index (χ4n) is 1.59. The number of benzene rings is 1. The van der Waals surface area contributed by atoms with Gasteiger partial charge in [0.1, 0.15) is 5.51 Å². The summed E-state index contributed by atoms with van der Waals surface area (Å²) in [5, 5.41) is 10.5. The van der Waals surface area contributed by atoms with Gasteiger partial charge in [-0.2, -0.15) is 0 Å². The summed E-state index contributed by atoms with van der Waals surface area (Å²) < 4.78 is 0. The molecule has 1 amide bonds. The normalized spacial score (nSPS) is 11.8. The summed E-state index contributed by atoms with van der Waals surface area (Å²) in [5.41, 5.74) is 8.20. The van der Waals surface area contributed by atoms with Gasteiger partial charge in [-0.05, 0) is 12.0 Å². The minimum atomic E-state index is -0.554. The molecular formula is C12H12N4OS2. The van der Waals surface area contributed by atoms with Crippen molar-refractivity contribution in [2.45, 2.75) is 6.42 Å². The molecule has 1 heterocycles. The number of carbonyl (C=O) groups excluding carboxylic acids is 1. The van der Waals surface area contributed by atoms with Crippen LogP contribution in [0, 0.1) is 5.92 Å². The predicted octanol–water partition coefficient (Wildman–Crippen LogP) is 1.62. The maximum Gasteiger partial charge on any atom is 0.236 e. The summed E-state index contributed by atoms with van der Waals surface area (Å²) in [6.07, 6.45) is 0.473. The molecule has 0 saturated heterocycles. The number of nitrogens with zero attached hydrogens (tertiary/aromatic N) is 2. The van der Waals surface area contributed by atoms with Crippen molar-refractivity contribution in [1.82, 2.24) is 10.2 Å². The lowest BCUT2D eigenvalue weighted by Crippen LogP contribution is -2.34. The van der Waals surface area contributed by atoms with Gasteiger partial charge in [0, 0.05) is 0 Å². The average Bonchev–Trinajstić information content (AvgIpc) is 2.89. The molecule has 1 aromatic carbocycles. The van der Waals surface area contributed by atoms with E-state index < -0.39 is 5.92 Å². The van der Waals surface area contributed by atoms with Crippen molar-refractivity contribution in [3.05, 3.63) is 41.4 Å². The highest BCUT2D eigenvalue weighted by Crippen LogP contribution is 2.14. The Bertz CT molecular complexity index is 556. The molecule has 98 valence electrons. The van der Waals surface area contributed by atoms with Crippen LogP contribution < -0.4 is 11.1 Å². The number of nitrogens with two attached hydrogens (primary N) is 1. The van der Waals surface area contributed by atoms with E-state index in [1.807, 2.05) is 30.3 Å². The topological polar surface area (TPSA) is 80.9 Å². The smallest absolute Gasteiger partial charge is 0.236 e. The van der Waals surface area contributed by atoms with Crippen LogP contribution in [-0.2, 0) is 11.2 Å². The van der Waals surface area contributed by atoms with Gasteiger partial charge in [0.15, 0.2) is 0 Å². The number of carbonyl (C=O) groups is 1. The van der Waals surface area contributed by atoms with Crippen molar-refractivity contribution < 1.29 is 4.79 Å². The number of amides is 1. The molecule has 7 heteroatoms. The molecule has 5 nitrogen and oxygen atoms in total. The Morgan fingerprint density at radius 2 is 2.16 bits per heavy atom. The number of anilines is 1. The van der Waals surface area contributed by atoms with Gasteiger partial charge in [-0.15, -0.1) is 10.2 Å². The van der Waals surface area contributed by atoms with E-state index >= 15 is 0 Å². The van der Waals surface area contributed by atoms with Crippen LogP contribution in [0.1, 0.15) is 5.56 Å². The first-order valence-electron chi connectivity index (χ1n) is 5.57. The number of hydrogen-bond donors (Lipinski definition) is 2. The molecule has 0 radical (unpaired) electrons. The van der Waals surface area contributed by atoms with Crippen LogP contribution in [0.4, 0.5) is 5.13 Å². The lowest BCUT2D eigenvalue weighted by Gasteiger charge is -2.14. The van der Waals surface area contributed by atoms with Crippen LogP contribution >= 0.6 is 23.6 Å². The number of nitrogens with one attached hydrogen (secondary N) is 1. The lowest BCUT2D eigenvalue weighted by molar-refractivity contribution is -0.118. The minimum absolute atomic E-state index is 0.172. The Hall–Kier alpha value is -1.86. The van der Waals surface area contributed by atoms with Gasteiger partial charge in [0.05, 0.1) is 10.9 Å². The van der Waals surface area contributed by atoms with Crippen LogP contribution in [-0.4, -0.2) is 21.1 Å². The highest BCUT2D eigenvalue weighted by Gasteiger charge is 2.22. The number of rotatable bonds is 5. The third-order valence-electron chi connectivity index (χ3n) is 2.53. The van der Waals surface area contributed by atoms with E-state index in [0.29, 0.717) is 11.6 Å². The van der Waals surface area contributed by atoms with Crippen LogP contribution in [0.2, 0.25) is 0 Å². The molecule has 1 unspecified atom stereocenters. The highest BCUT2D eigenvalue weighted by molar-refractivity contribution is 7.80. The fourth-order valence-corrected chi connectivity index (χ4v) is 2.23. The average molecular weight is 292 g/mol. The van der Waals surface area contributed by atoms with E-state index in [0.717, 1.165) is 5.56 Å². The van der Waals surface area contributed by atoms with Gasteiger partial charge in [0.2, 0.25) is 11.0 Å². The summed E-state index contributed by atoms with van der Waals surface area (Å²) in [6.45, 7) is 0. The molecule has 0 fully saturated rings. The highest BCUT2D eigenvalue weighted by atomic mass is 32.1. The summed E-state index contributed by atoms with van der Waals surface area (Å²) in [6, 6.07) is 9.61. The van der Waals surface area contributed by atoms with E-state index in [-0.39, 0.29) is 10.9 Å². The SMILES string of the molecule is NC(=S)C(Cc1ccccc1)C(=O)Nc1nncs1. The van der Waals surface area contributed by atoms with Crippen molar-refractivity contribution in [3.8, 4) is 0 Å². The molecule has 0 bridgehead atoms. The Kier molecular flexibility index (Phi) is 4.53. The second-order valence-electron chi connectivity index (χ2n) is 3.88. The fraction of sp³-hybridized carbons (Fsp3) is 0.167. The molecule has 1 aromatic heterocycles. The number of aromatic nitrogens is 2. The zero-order valence-corrected chi connectivity index (χ0v) is 11.6. The molecule has 2 aromatic rings. The van der Waals surface area contributed by atoms with Gasteiger partial charge in [-0.25, -0.2) is 0 Å². The first-order valence-corrected chi connectivity index (χ1v) is 6.86. The monoisotopic (exact) mass is 292 g/mol. The molecule has 1 atom stereocenters. The lowest BCUT2D eigenvalue weighted by atomic mass is 9.98. The molecule has 0 saturated carbocycles. The second-order valence-corrected chi connectivity index (χ2v) is 5.18. The first-order chi connectivity index (χ1) is 9.16. The summed E-state index contributed by atoms with van der Waals surface area (Å²) >= 11 is 6.22. The van der Waals surface area contributed by atoms with Gasteiger partial charge in [-0.1, -0.05) is 53.9 Å². The standard InChI is InChI=1S/C12H12N4OS2/c13-10(18)9(6-8-4-2-1-3-5-8)11(17)15-12-16-14-7-19-12/h1-5,7,9H,6H2,(H2,13,18)(H,15,16,17). The van der Waals surface area contributed by atoms with Crippen LogP contribution in [0.15, 0.2) is 35.8 Å². The zero-order chi connectivity index (χ0) is 13.7. The van der Waals surface area contributed by atoms with Crippen LogP contribution in [0.5, 0.6) is 0 Å². The molecule has 2 rings (SSSR count). The van der Waals surface area contributed by atoms with E-state index in [1.165, 1.54) is 11.3 Å². The van der Waals surface area contributed by atoms with Crippen molar-refractivity contribution >= 4 is 39.6 Å². The van der Waals surface area contributed by atoms with E-state index in [2.05, 4.69) is 15.5 Å². The van der Waals surface area contributed by atoms with Gasteiger partial charge < -0.3 is 5.73 Å². The molecule has 3 N–H and O–H groups in total. The molecule has 0 spiro atoms. The van der Waals surface area contributed by atoms with Crippen molar-refractivity contribution in [2.75, 3.05) is 5.32 Å². The van der Waals surface area contributed by atoms with Gasteiger partial charge in [-0.3, -0.25) is 10.1 Å². The molecule has 0 aliphatic carbocycles. The summed E-state index contributed by atoms with van der Waals surface area (Å²) in [7, 11) is 0. The van der Waals surface area contributed by atoms with Crippen LogP contribution in [0.3, 0.4) is 0 Å².